The molecule has 0 aliphatic carbocycles. The lowest BCUT2D eigenvalue weighted by Crippen LogP contribution is -2.25. The average molecular weight is 427 g/mol. The molecule has 0 unspecified atom stereocenters. The zero-order valence-corrected chi connectivity index (χ0v) is 17.5. The van der Waals surface area contributed by atoms with Crippen LogP contribution in [0, 0.1) is 18.6 Å². The Kier molecular flexibility index (Phi) is 5.39. The van der Waals surface area contributed by atoms with Gasteiger partial charge in [0, 0.05) is 23.1 Å². The number of fused-ring (bicyclic) bond motifs is 1. The van der Waals surface area contributed by atoms with Crippen molar-refractivity contribution in [3.63, 3.8) is 0 Å². The predicted molar refractivity (Wildman–Crippen MR) is 111 cm³/mol. The normalized spacial score (nSPS) is 14.1. The third kappa shape index (κ3) is 4.52. The summed E-state index contributed by atoms with van der Waals surface area (Å²) in [5.74, 6) is 0.0665. The van der Waals surface area contributed by atoms with Gasteiger partial charge in [-0.3, -0.25) is 4.79 Å². The minimum atomic E-state index is -0.545. The molecule has 0 radical (unpaired) electrons. The summed E-state index contributed by atoms with van der Waals surface area (Å²) in [5.41, 5.74) is 1.54. The van der Waals surface area contributed by atoms with Crippen molar-refractivity contribution in [3.8, 4) is 11.5 Å². The SMILES string of the molecule is Cc1cnn(Cc2cc(F)ccc2F)c1NC(=O)COc1cccc2c1OC(C)(C)C2. The zero-order valence-electron chi connectivity index (χ0n) is 17.5. The number of anilines is 1. The highest BCUT2D eigenvalue weighted by molar-refractivity contribution is 5.91. The molecule has 4 rings (SSSR count). The van der Waals surface area contributed by atoms with Crippen molar-refractivity contribution in [2.75, 3.05) is 11.9 Å². The number of nitrogens with zero attached hydrogens (tertiary/aromatic N) is 2. The van der Waals surface area contributed by atoms with Crippen molar-refractivity contribution >= 4 is 11.7 Å². The van der Waals surface area contributed by atoms with E-state index in [-0.39, 0.29) is 24.3 Å². The van der Waals surface area contributed by atoms with Gasteiger partial charge in [-0.2, -0.15) is 5.10 Å². The van der Waals surface area contributed by atoms with Crippen LogP contribution in [0.3, 0.4) is 0 Å². The van der Waals surface area contributed by atoms with E-state index in [1.54, 1.807) is 19.2 Å². The van der Waals surface area contributed by atoms with E-state index >= 15 is 0 Å². The van der Waals surface area contributed by atoms with E-state index in [9.17, 15) is 13.6 Å². The minimum Gasteiger partial charge on any atom is -0.483 e. The van der Waals surface area contributed by atoms with Gasteiger partial charge < -0.3 is 14.8 Å². The van der Waals surface area contributed by atoms with Crippen LogP contribution in [0.15, 0.2) is 42.6 Å². The second-order valence-electron chi connectivity index (χ2n) is 8.19. The first-order valence-electron chi connectivity index (χ1n) is 9.92. The molecule has 0 atom stereocenters. The van der Waals surface area contributed by atoms with Gasteiger partial charge >= 0.3 is 0 Å². The van der Waals surface area contributed by atoms with Gasteiger partial charge in [0.1, 0.15) is 23.1 Å². The van der Waals surface area contributed by atoms with E-state index in [2.05, 4.69) is 10.4 Å². The molecule has 0 spiro atoms. The summed E-state index contributed by atoms with van der Waals surface area (Å²) >= 11 is 0. The largest absolute Gasteiger partial charge is 0.483 e. The van der Waals surface area contributed by atoms with E-state index in [1.807, 2.05) is 26.0 Å². The third-order valence-electron chi connectivity index (χ3n) is 5.02. The Morgan fingerprint density at radius 1 is 1.29 bits per heavy atom. The summed E-state index contributed by atoms with van der Waals surface area (Å²) in [7, 11) is 0. The molecule has 1 aliphatic heterocycles. The Morgan fingerprint density at radius 3 is 2.90 bits per heavy atom. The Hall–Kier alpha value is -3.42. The van der Waals surface area contributed by atoms with E-state index in [0.717, 1.165) is 30.2 Å². The Balaban J connectivity index is 1.44. The summed E-state index contributed by atoms with van der Waals surface area (Å²) < 4.78 is 40.6. The monoisotopic (exact) mass is 427 g/mol. The summed E-state index contributed by atoms with van der Waals surface area (Å²) in [4.78, 5) is 12.5. The van der Waals surface area contributed by atoms with Crippen LogP contribution in [-0.4, -0.2) is 27.9 Å². The van der Waals surface area contributed by atoms with Crippen LogP contribution in [0.2, 0.25) is 0 Å². The average Bonchev–Trinajstić information content (AvgIpc) is 3.21. The van der Waals surface area contributed by atoms with Crippen molar-refractivity contribution in [2.24, 2.45) is 0 Å². The first-order valence-corrected chi connectivity index (χ1v) is 9.92. The van der Waals surface area contributed by atoms with Gasteiger partial charge in [-0.05, 0) is 45.0 Å². The zero-order chi connectivity index (χ0) is 22.2. The molecular formula is C23H23F2N3O3. The molecule has 1 aromatic heterocycles. The van der Waals surface area contributed by atoms with Crippen LogP contribution in [0.1, 0.15) is 30.5 Å². The number of hydrogen-bond donors (Lipinski definition) is 1. The number of halogens is 2. The molecule has 31 heavy (non-hydrogen) atoms. The quantitative estimate of drug-likeness (QED) is 0.639. The van der Waals surface area contributed by atoms with E-state index in [4.69, 9.17) is 9.47 Å². The van der Waals surface area contributed by atoms with Crippen LogP contribution < -0.4 is 14.8 Å². The molecule has 0 fully saturated rings. The maximum absolute atomic E-state index is 14.0. The molecule has 0 saturated carbocycles. The van der Waals surface area contributed by atoms with E-state index < -0.39 is 17.5 Å². The number of aryl methyl sites for hydroxylation is 1. The molecule has 1 amide bonds. The first kappa shape index (κ1) is 20.8. The highest BCUT2D eigenvalue weighted by Gasteiger charge is 2.32. The number of aromatic nitrogens is 2. The minimum absolute atomic E-state index is 0.0248. The number of amides is 1. The number of carbonyl (C=O) groups excluding carboxylic acids is 1. The van der Waals surface area contributed by atoms with Crippen molar-refractivity contribution in [2.45, 2.75) is 39.3 Å². The van der Waals surface area contributed by atoms with Gasteiger partial charge in [-0.25, -0.2) is 13.5 Å². The summed E-state index contributed by atoms with van der Waals surface area (Å²) in [5, 5.41) is 6.92. The number of benzene rings is 2. The molecular weight excluding hydrogens is 404 g/mol. The van der Waals surface area contributed by atoms with Crippen molar-refractivity contribution < 1.29 is 23.0 Å². The Morgan fingerprint density at radius 2 is 2.10 bits per heavy atom. The highest BCUT2D eigenvalue weighted by Crippen LogP contribution is 2.41. The molecule has 3 aromatic rings. The number of hydrogen-bond acceptors (Lipinski definition) is 4. The summed E-state index contributed by atoms with van der Waals surface area (Å²) in [6.07, 6.45) is 2.31. The molecule has 162 valence electrons. The van der Waals surface area contributed by atoms with Crippen LogP contribution >= 0.6 is 0 Å². The second kappa shape index (κ2) is 8.02. The molecule has 2 aromatic carbocycles. The van der Waals surface area contributed by atoms with Crippen molar-refractivity contribution in [1.29, 1.82) is 0 Å². The topological polar surface area (TPSA) is 65.4 Å². The van der Waals surface area contributed by atoms with Gasteiger partial charge in [0.15, 0.2) is 18.1 Å². The fourth-order valence-electron chi connectivity index (χ4n) is 3.60. The van der Waals surface area contributed by atoms with Crippen molar-refractivity contribution in [1.82, 2.24) is 9.78 Å². The summed E-state index contributed by atoms with van der Waals surface area (Å²) in [6.45, 7) is 5.49. The highest BCUT2D eigenvalue weighted by atomic mass is 19.1. The van der Waals surface area contributed by atoms with Crippen LogP contribution in [-0.2, 0) is 17.8 Å². The fraction of sp³-hybridized carbons (Fsp3) is 0.304. The van der Waals surface area contributed by atoms with Crippen molar-refractivity contribution in [3.05, 3.63) is 70.9 Å². The van der Waals surface area contributed by atoms with Gasteiger partial charge in [0.05, 0.1) is 12.7 Å². The van der Waals surface area contributed by atoms with Gasteiger partial charge in [0.25, 0.3) is 5.91 Å². The number of carbonyl (C=O) groups is 1. The first-order chi connectivity index (χ1) is 14.7. The van der Waals surface area contributed by atoms with Crippen LogP contribution in [0.4, 0.5) is 14.6 Å². The fourth-order valence-corrected chi connectivity index (χ4v) is 3.60. The second-order valence-corrected chi connectivity index (χ2v) is 8.19. The maximum atomic E-state index is 14.0. The van der Waals surface area contributed by atoms with Gasteiger partial charge in [0.2, 0.25) is 0 Å². The lowest BCUT2D eigenvalue weighted by atomic mass is 10.0. The smallest absolute Gasteiger partial charge is 0.263 e. The van der Waals surface area contributed by atoms with Gasteiger partial charge in [-0.15, -0.1) is 0 Å². The third-order valence-corrected chi connectivity index (χ3v) is 5.02. The standard InChI is InChI=1S/C23H23F2N3O3/c1-14-11-26-28(12-16-9-17(24)7-8-18(16)25)22(14)27-20(29)13-30-19-6-4-5-15-10-23(2,3)31-21(15)19/h4-9,11H,10,12-13H2,1-3H3,(H,27,29). The van der Waals surface area contributed by atoms with E-state index in [1.165, 1.54) is 4.68 Å². The van der Waals surface area contributed by atoms with E-state index in [0.29, 0.717) is 22.9 Å². The molecule has 0 bridgehead atoms. The Labute approximate surface area is 178 Å². The number of para-hydroxylation sites is 1. The number of nitrogens with one attached hydrogen (secondary N) is 1. The molecule has 0 saturated heterocycles. The molecule has 8 heteroatoms. The lowest BCUT2D eigenvalue weighted by Gasteiger charge is -2.18. The molecule has 6 nitrogen and oxygen atoms in total. The Bertz CT molecular complexity index is 1140. The molecule has 1 N–H and O–H groups in total. The number of ether oxygens (including phenoxy) is 2. The maximum Gasteiger partial charge on any atom is 0.263 e. The van der Waals surface area contributed by atoms with Crippen LogP contribution in [0.5, 0.6) is 11.5 Å². The lowest BCUT2D eigenvalue weighted by molar-refractivity contribution is -0.118. The van der Waals surface area contributed by atoms with Crippen LogP contribution in [0.25, 0.3) is 0 Å². The predicted octanol–water partition coefficient (Wildman–Crippen LogP) is 4.25. The molecule has 2 heterocycles. The van der Waals surface area contributed by atoms with Gasteiger partial charge in [-0.1, -0.05) is 12.1 Å². The summed E-state index contributed by atoms with van der Waals surface area (Å²) in [6, 6.07) is 8.83. The molecule has 1 aliphatic rings. The number of rotatable bonds is 6.